The first-order valence-corrected chi connectivity index (χ1v) is 11.3. The molecule has 2 aromatic heterocycles. The number of carbonyl (C=O) groups is 1. The van der Waals surface area contributed by atoms with Crippen LogP contribution in [-0.4, -0.2) is 21.0 Å². The molecule has 1 aliphatic carbocycles. The summed E-state index contributed by atoms with van der Waals surface area (Å²) in [7, 11) is 0. The van der Waals surface area contributed by atoms with Crippen LogP contribution in [0.5, 0.6) is 0 Å². The Morgan fingerprint density at radius 3 is 2.84 bits per heavy atom. The van der Waals surface area contributed by atoms with E-state index in [4.69, 9.17) is 22.3 Å². The highest BCUT2D eigenvalue weighted by Gasteiger charge is 2.24. The van der Waals surface area contributed by atoms with Crippen LogP contribution in [0.1, 0.15) is 16.8 Å². The van der Waals surface area contributed by atoms with Crippen LogP contribution in [0.2, 0.25) is 5.02 Å². The van der Waals surface area contributed by atoms with Crippen LogP contribution in [0.15, 0.2) is 54.7 Å². The van der Waals surface area contributed by atoms with Crippen molar-refractivity contribution in [2.75, 3.05) is 11.1 Å². The largest absolute Gasteiger partial charge is 0.399 e. The quantitative estimate of drug-likeness (QED) is 0.373. The summed E-state index contributed by atoms with van der Waals surface area (Å²) in [6, 6.07) is 14.6. The molecule has 0 aliphatic heterocycles. The van der Waals surface area contributed by atoms with Crippen LogP contribution in [0.25, 0.3) is 22.0 Å². The lowest BCUT2D eigenvalue weighted by Gasteiger charge is -2.14. The Hall–Kier alpha value is -3.49. The van der Waals surface area contributed by atoms with Crippen LogP contribution in [0.3, 0.4) is 0 Å². The summed E-state index contributed by atoms with van der Waals surface area (Å²) in [5.41, 5.74) is 11.0. The number of carbonyl (C=O) groups excluding carboxylic acids is 1. The average molecular weight is 463 g/mol. The number of thiazole rings is 1. The van der Waals surface area contributed by atoms with Gasteiger partial charge in [-0.1, -0.05) is 47.2 Å². The Balaban J connectivity index is 1.35. The van der Waals surface area contributed by atoms with Crippen LogP contribution in [0, 0.1) is 0 Å². The van der Waals surface area contributed by atoms with E-state index in [2.05, 4.69) is 20.6 Å². The molecule has 160 valence electrons. The van der Waals surface area contributed by atoms with Crippen molar-refractivity contribution in [2.24, 2.45) is 0 Å². The lowest BCUT2D eigenvalue weighted by Crippen LogP contribution is -2.28. The Bertz CT molecular complexity index is 1320. The summed E-state index contributed by atoms with van der Waals surface area (Å²) in [6.07, 6.45) is 3.44. The molecule has 5 rings (SSSR count). The molecule has 2 aromatic carbocycles. The predicted octanol–water partition coefficient (Wildman–Crippen LogP) is 4.92. The van der Waals surface area contributed by atoms with Crippen molar-refractivity contribution in [2.45, 2.75) is 19.4 Å². The van der Waals surface area contributed by atoms with E-state index in [1.807, 2.05) is 54.7 Å². The van der Waals surface area contributed by atoms with Crippen molar-refractivity contribution >= 4 is 39.8 Å². The number of halogens is 1. The van der Waals surface area contributed by atoms with Gasteiger partial charge in [-0.25, -0.2) is 19.7 Å². The molecule has 7 nitrogen and oxygen atoms in total. The summed E-state index contributed by atoms with van der Waals surface area (Å²) in [4.78, 5) is 27.3. The number of anilines is 2. The number of benzene rings is 2. The molecule has 0 atom stereocenters. The molecule has 4 aromatic rings. The van der Waals surface area contributed by atoms with Crippen LogP contribution in [-0.2, 0) is 19.4 Å². The predicted molar refractivity (Wildman–Crippen MR) is 128 cm³/mol. The van der Waals surface area contributed by atoms with Gasteiger partial charge in [0.15, 0.2) is 11.0 Å². The first-order chi connectivity index (χ1) is 15.6. The Morgan fingerprint density at radius 1 is 1.12 bits per heavy atom. The summed E-state index contributed by atoms with van der Waals surface area (Å²) in [5, 5.41) is 6.80. The maximum atomic E-state index is 12.4. The van der Waals surface area contributed by atoms with Crippen molar-refractivity contribution in [3.8, 4) is 22.0 Å². The highest BCUT2D eigenvalue weighted by molar-refractivity contribution is 7.19. The summed E-state index contributed by atoms with van der Waals surface area (Å²) in [6.45, 7) is 0.374. The molecule has 1 aliphatic rings. The molecular formula is C23H19ClN6OS. The van der Waals surface area contributed by atoms with Gasteiger partial charge < -0.3 is 11.1 Å². The minimum atomic E-state index is -0.321. The van der Waals surface area contributed by atoms with E-state index in [0.29, 0.717) is 28.2 Å². The number of aryl methyl sites for hydroxylation is 2. The van der Waals surface area contributed by atoms with Crippen LogP contribution >= 0.6 is 22.9 Å². The number of hydrogen-bond donors (Lipinski definition) is 3. The monoisotopic (exact) mass is 462 g/mol. The van der Waals surface area contributed by atoms with E-state index >= 15 is 0 Å². The number of nitrogens with two attached hydrogens (primary N) is 1. The van der Waals surface area contributed by atoms with Gasteiger partial charge in [0, 0.05) is 24.0 Å². The number of fused-ring (bicyclic) bond motifs is 3. The molecule has 0 saturated heterocycles. The molecular weight excluding hydrogens is 444 g/mol. The van der Waals surface area contributed by atoms with E-state index in [1.54, 1.807) is 0 Å². The highest BCUT2D eigenvalue weighted by Crippen LogP contribution is 2.39. The number of nitrogen functional groups attached to an aromatic ring is 1. The number of urea groups is 1. The van der Waals surface area contributed by atoms with Gasteiger partial charge in [-0.2, -0.15) is 0 Å². The van der Waals surface area contributed by atoms with E-state index in [1.165, 1.54) is 11.3 Å². The van der Waals surface area contributed by atoms with Crippen molar-refractivity contribution in [1.82, 2.24) is 20.3 Å². The first kappa shape index (κ1) is 20.4. The smallest absolute Gasteiger partial charge is 0.321 e. The van der Waals surface area contributed by atoms with Gasteiger partial charge in [0.05, 0.1) is 21.3 Å². The molecule has 0 bridgehead atoms. The van der Waals surface area contributed by atoms with E-state index in [9.17, 15) is 4.79 Å². The van der Waals surface area contributed by atoms with Crippen LogP contribution < -0.4 is 16.4 Å². The normalized spacial score (nSPS) is 12.0. The molecule has 4 N–H and O–H groups in total. The second-order valence-corrected chi connectivity index (χ2v) is 8.80. The number of nitrogens with one attached hydrogen (secondary N) is 2. The third-order valence-electron chi connectivity index (χ3n) is 5.15. The zero-order valence-corrected chi connectivity index (χ0v) is 18.5. The number of nitrogens with zero attached hydrogens (tertiary/aromatic N) is 3. The highest BCUT2D eigenvalue weighted by atomic mass is 35.5. The first-order valence-electron chi connectivity index (χ1n) is 10.1. The SMILES string of the molecule is Nc1cccc(CNC(=O)Nc2nc3c(s2)-c2nc(-c4ccccc4Cl)ncc2CC3)c1. The Kier molecular flexibility index (Phi) is 5.46. The second-order valence-electron chi connectivity index (χ2n) is 7.39. The number of hydrogen-bond acceptors (Lipinski definition) is 6. The third kappa shape index (κ3) is 4.15. The molecule has 0 fully saturated rings. The fraction of sp³-hybridized carbons (Fsp3) is 0.130. The minimum Gasteiger partial charge on any atom is -0.399 e. The van der Waals surface area contributed by atoms with Gasteiger partial charge in [0.25, 0.3) is 0 Å². The van der Waals surface area contributed by atoms with Crippen LogP contribution in [0.4, 0.5) is 15.6 Å². The number of amides is 2. The van der Waals surface area contributed by atoms with E-state index in [-0.39, 0.29) is 6.03 Å². The van der Waals surface area contributed by atoms with Gasteiger partial charge >= 0.3 is 6.03 Å². The summed E-state index contributed by atoms with van der Waals surface area (Å²) >= 11 is 7.75. The van der Waals surface area contributed by atoms with Crippen molar-refractivity contribution in [3.63, 3.8) is 0 Å². The number of rotatable bonds is 4. The zero-order valence-electron chi connectivity index (χ0n) is 16.9. The lowest BCUT2D eigenvalue weighted by atomic mass is 9.99. The number of aromatic nitrogens is 3. The summed E-state index contributed by atoms with van der Waals surface area (Å²) in [5.74, 6) is 0.574. The lowest BCUT2D eigenvalue weighted by molar-refractivity contribution is 0.251. The Morgan fingerprint density at radius 2 is 2.00 bits per heavy atom. The Labute approximate surface area is 193 Å². The standard InChI is InChI=1S/C23H19ClN6OS/c24-17-7-2-1-6-16(17)21-26-12-14-8-9-18-20(19(14)29-21)32-23(28-18)30-22(31)27-11-13-4-3-5-15(25)10-13/h1-7,10,12H,8-9,11,25H2,(H2,27,28,30,31). The van der Waals surface area contributed by atoms with Gasteiger partial charge in [-0.05, 0) is 48.2 Å². The molecule has 9 heteroatoms. The molecule has 2 heterocycles. The molecule has 0 saturated carbocycles. The average Bonchev–Trinajstić information content (AvgIpc) is 3.21. The molecule has 2 amide bonds. The molecule has 0 unspecified atom stereocenters. The molecule has 0 radical (unpaired) electrons. The summed E-state index contributed by atoms with van der Waals surface area (Å²) < 4.78 is 0. The van der Waals surface area contributed by atoms with Gasteiger partial charge in [0.1, 0.15) is 0 Å². The van der Waals surface area contributed by atoms with E-state index < -0.39 is 0 Å². The zero-order chi connectivity index (χ0) is 22.1. The molecule has 0 spiro atoms. The van der Waals surface area contributed by atoms with Crippen molar-refractivity contribution in [3.05, 3.63) is 76.6 Å². The van der Waals surface area contributed by atoms with Gasteiger partial charge in [0.2, 0.25) is 0 Å². The van der Waals surface area contributed by atoms with Gasteiger partial charge in [-0.3, -0.25) is 5.32 Å². The van der Waals surface area contributed by atoms with Crippen molar-refractivity contribution < 1.29 is 4.79 Å². The fourth-order valence-corrected chi connectivity index (χ4v) is 4.85. The third-order valence-corrected chi connectivity index (χ3v) is 6.50. The minimum absolute atomic E-state index is 0.321. The molecule has 32 heavy (non-hydrogen) atoms. The maximum absolute atomic E-state index is 12.4. The topological polar surface area (TPSA) is 106 Å². The van der Waals surface area contributed by atoms with Gasteiger partial charge in [-0.15, -0.1) is 0 Å². The fourth-order valence-electron chi connectivity index (χ4n) is 3.60. The van der Waals surface area contributed by atoms with Crippen molar-refractivity contribution in [1.29, 1.82) is 0 Å². The second kappa shape index (κ2) is 8.57. The maximum Gasteiger partial charge on any atom is 0.321 e. The van der Waals surface area contributed by atoms with E-state index in [0.717, 1.165) is 45.8 Å².